The molecule has 1 heterocycles. The summed E-state index contributed by atoms with van der Waals surface area (Å²) in [6, 6.07) is 14.1. The van der Waals surface area contributed by atoms with Gasteiger partial charge in [-0.05, 0) is 50.1 Å². The number of nitrogens with zero attached hydrogens (tertiary/aromatic N) is 1. The van der Waals surface area contributed by atoms with E-state index in [1.54, 1.807) is 41.3 Å². The minimum atomic E-state index is -0.369. The van der Waals surface area contributed by atoms with Crippen molar-refractivity contribution in [1.29, 1.82) is 0 Å². The van der Waals surface area contributed by atoms with Crippen molar-refractivity contribution in [1.82, 2.24) is 4.90 Å². The molecule has 1 aliphatic heterocycles. The third kappa shape index (κ3) is 4.53. The summed E-state index contributed by atoms with van der Waals surface area (Å²) in [6.45, 7) is 2.90. The van der Waals surface area contributed by atoms with E-state index in [2.05, 4.69) is 5.32 Å². The van der Waals surface area contributed by atoms with Gasteiger partial charge < -0.3 is 16.0 Å². The molecule has 3 rings (SSSR count). The summed E-state index contributed by atoms with van der Waals surface area (Å²) in [5.41, 5.74) is 8.04. The average Bonchev–Trinajstić information content (AvgIpc) is 2.68. The number of carbonyl (C=O) groups excluding carboxylic acids is 3. The van der Waals surface area contributed by atoms with E-state index in [-0.39, 0.29) is 23.6 Å². The largest absolute Gasteiger partial charge is 0.369 e. The van der Waals surface area contributed by atoms with E-state index >= 15 is 0 Å². The minimum absolute atomic E-state index is 0.160. The van der Waals surface area contributed by atoms with E-state index in [0.29, 0.717) is 36.3 Å². The number of aryl methyl sites for hydroxylation is 1. The number of carbonyl (C=O) groups is 3. The zero-order chi connectivity index (χ0) is 19.4. The number of piperidine rings is 1. The lowest BCUT2D eigenvalue weighted by atomic mass is 9.97. The van der Waals surface area contributed by atoms with E-state index in [9.17, 15) is 14.4 Å². The molecule has 0 aliphatic carbocycles. The van der Waals surface area contributed by atoms with Gasteiger partial charge in [-0.3, -0.25) is 14.4 Å². The topological polar surface area (TPSA) is 92.5 Å². The van der Waals surface area contributed by atoms with E-state index in [4.69, 9.17) is 5.73 Å². The third-order valence-electron chi connectivity index (χ3n) is 4.79. The maximum absolute atomic E-state index is 12.8. The van der Waals surface area contributed by atoms with Crippen molar-refractivity contribution in [3.05, 3.63) is 65.2 Å². The molecule has 0 radical (unpaired) electrons. The van der Waals surface area contributed by atoms with Crippen LogP contribution in [0.4, 0.5) is 5.69 Å². The Labute approximate surface area is 158 Å². The third-order valence-corrected chi connectivity index (χ3v) is 4.79. The van der Waals surface area contributed by atoms with Crippen LogP contribution in [0.3, 0.4) is 0 Å². The zero-order valence-electron chi connectivity index (χ0n) is 15.3. The zero-order valence-corrected chi connectivity index (χ0v) is 15.3. The summed E-state index contributed by atoms with van der Waals surface area (Å²) < 4.78 is 0. The highest BCUT2D eigenvalue weighted by atomic mass is 16.2. The summed E-state index contributed by atoms with van der Waals surface area (Å²) in [4.78, 5) is 38.2. The lowest BCUT2D eigenvalue weighted by Gasteiger charge is -2.31. The van der Waals surface area contributed by atoms with E-state index < -0.39 is 0 Å². The molecule has 0 bridgehead atoms. The molecule has 3 amide bonds. The molecule has 27 heavy (non-hydrogen) atoms. The van der Waals surface area contributed by atoms with Crippen LogP contribution in [0.2, 0.25) is 0 Å². The molecule has 1 saturated heterocycles. The molecule has 1 fully saturated rings. The fourth-order valence-corrected chi connectivity index (χ4v) is 3.21. The van der Waals surface area contributed by atoms with Crippen molar-refractivity contribution in [2.45, 2.75) is 19.8 Å². The predicted molar refractivity (Wildman–Crippen MR) is 103 cm³/mol. The smallest absolute Gasteiger partial charge is 0.255 e. The van der Waals surface area contributed by atoms with E-state index in [1.165, 1.54) is 0 Å². The van der Waals surface area contributed by atoms with Crippen LogP contribution in [0.25, 0.3) is 0 Å². The predicted octanol–water partition coefficient (Wildman–Crippen LogP) is 2.58. The van der Waals surface area contributed by atoms with Crippen molar-refractivity contribution < 1.29 is 14.4 Å². The molecule has 140 valence electrons. The fourth-order valence-electron chi connectivity index (χ4n) is 3.21. The number of nitrogens with two attached hydrogens (primary N) is 1. The Bertz CT molecular complexity index is 861. The second-order valence-corrected chi connectivity index (χ2v) is 6.89. The number of hydrogen-bond acceptors (Lipinski definition) is 3. The molecule has 3 N–H and O–H groups in total. The molecule has 6 heteroatoms. The van der Waals surface area contributed by atoms with Gasteiger partial charge in [0.25, 0.3) is 11.8 Å². The quantitative estimate of drug-likeness (QED) is 0.872. The maximum Gasteiger partial charge on any atom is 0.255 e. The molecule has 2 aromatic carbocycles. The highest BCUT2D eigenvalue weighted by Crippen LogP contribution is 2.20. The lowest BCUT2D eigenvalue weighted by molar-refractivity contribution is -0.123. The SMILES string of the molecule is Cc1ccc(C(=O)Nc2cccc(C(=O)N3CCCC(C(N)=O)C3)c2)cc1. The summed E-state index contributed by atoms with van der Waals surface area (Å²) in [5.74, 6) is -1.06. The first kappa shape index (κ1) is 18.6. The molecule has 1 aliphatic rings. The van der Waals surface area contributed by atoms with E-state index in [1.807, 2.05) is 19.1 Å². The van der Waals surface area contributed by atoms with Crippen LogP contribution in [-0.2, 0) is 4.79 Å². The summed E-state index contributed by atoms with van der Waals surface area (Å²) in [6.07, 6.45) is 1.47. The number of likely N-dealkylation sites (tertiary alicyclic amines) is 1. The van der Waals surface area contributed by atoms with Crippen molar-refractivity contribution in [2.75, 3.05) is 18.4 Å². The Hall–Kier alpha value is -3.15. The first-order valence-corrected chi connectivity index (χ1v) is 9.01. The lowest BCUT2D eigenvalue weighted by Crippen LogP contribution is -2.44. The molecule has 0 saturated carbocycles. The van der Waals surface area contributed by atoms with Crippen molar-refractivity contribution >= 4 is 23.4 Å². The highest BCUT2D eigenvalue weighted by Gasteiger charge is 2.27. The van der Waals surface area contributed by atoms with Crippen LogP contribution in [0.1, 0.15) is 39.1 Å². The van der Waals surface area contributed by atoms with Crippen LogP contribution in [0.15, 0.2) is 48.5 Å². The van der Waals surface area contributed by atoms with Gasteiger partial charge in [-0.15, -0.1) is 0 Å². The van der Waals surface area contributed by atoms with Gasteiger partial charge >= 0.3 is 0 Å². The Balaban J connectivity index is 1.71. The number of nitrogens with one attached hydrogen (secondary N) is 1. The van der Waals surface area contributed by atoms with Gasteiger partial charge in [-0.1, -0.05) is 23.8 Å². The van der Waals surface area contributed by atoms with Gasteiger partial charge in [-0.25, -0.2) is 0 Å². The van der Waals surface area contributed by atoms with Crippen LogP contribution >= 0.6 is 0 Å². The minimum Gasteiger partial charge on any atom is -0.369 e. The van der Waals surface area contributed by atoms with Crippen molar-refractivity contribution in [3.63, 3.8) is 0 Å². The van der Waals surface area contributed by atoms with Crippen LogP contribution in [0.5, 0.6) is 0 Å². The summed E-state index contributed by atoms with van der Waals surface area (Å²) >= 11 is 0. The first-order chi connectivity index (χ1) is 12.9. The number of primary amides is 1. The second-order valence-electron chi connectivity index (χ2n) is 6.89. The maximum atomic E-state index is 12.8. The van der Waals surface area contributed by atoms with Gasteiger partial charge in [-0.2, -0.15) is 0 Å². The Morgan fingerprint density at radius 3 is 2.52 bits per heavy atom. The molecule has 0 spiro atoms. The number of rotatable bonds is 4. The van der Waals surface area contributed by atoms with Crippen LogP contribution in [0, 0.1) is 12.8 Å². The Kier molecular flexibility index (Phi) is 5.54. The summed E-state index contributed by atoms with van der Waals surface area (Å²) in [5, 5.41) is 2.82. The van der Waals surface area contributed by atoms with Gasteiger partial charge in [0.05, 0.1) is 5.92 Å². The van der Waals surface area contributed by atoms with E-state index in [0.717, 1.165) is 12.0 Å². The molecular weight excluding hydrogens is 342 g/mol. The van der Waals surface area contributed by atoms with Gasteiger partial charge in [0, 0.05) is 29.9 Å². The molecule has 6 nitrogen and oxygen atoms in total. The number of hydrogen-bond donors (Lipinski definition) is 2. The molecule has 0 aromatic heterocycles. The van der Waals surface area contributed by atoms with Crippen LogP contribution < -0.4 is 11.1 Å². The number of benzene rings is 2. The number of amides is 3. The number of anilines is 1. The first-order valence-electron chi connectivity index (χ1n) is 9.01. The van der Waals surface area contributed by atoms with Gasteiger partial charge in [0.2, 0.25) is 5.91 Å². The Morgan fingerprint density at radius 2 is 1.81 bits per heavy atom. The monoisotopic (exact) mass is 365 g/mol. The molecule has 1 atom stereocenters. The standard InChI is InChI=1S/C21H23N3O3/c1-14-7-9-15(10-8-14)20(26)23-18-6-2-4-16(12-18)21(27)24-11-3-5-17(13-24)19(22)25/h2,4,6-10,12,17H,3,5,11,13H2,1H3,(H2,22,25)(H,23,26). The molecular formula is C21H23N3O3. The van der Waals surface area contributed by atoms with Gasteiger partial charge in [0.15, 0.2) is 0 Å². The summed E-state index contributed by atoms with van der Waals surface area (Å²) in [7, 11) is 0. The highest BCUT2D eigenvalue weighted by molar-refractivity contribution is 6.05. The molecule has 2 aromatic rings. The van der Waals surface area contributed by atoms with Crippen LogP contribution in [-0.4, -0.2) is 35.7 Å². The molecule has 1 unspecified atom stereocenters. The van der Waals surface area contributed by atoms with Crippen molar-refractivity contribution in [3.8, 4) is 0 Å². The van der Waals surface area contributed by atoms with Crippen molar-refractivity contribution in [2.24, 2.45) is 11.7 Å². The Morgan fingerprint density at radius 1 is 1.07 bits per heavy atom. The second kappa shape index (κ2) is 8.03. The van der Waals surface area contributed by atoms with Gasteiger partial charge in [0.1, 0.15) is 0 Å². The normalized spacial score (nSPS) is 16.6. The fraction of sp³-hybridized carbons (Fsp3) is 0.286. The average molecular weight is 365 g/mol.